The summed E-state index contributed by atoms with van der Waals surface area (Å²) in [6, 6.07) is 3.80. The highest BCUT2D eigenvalue weighted by Crippen LogP contribution is 2.41. The van der Waals surface area contributed by atoms with Crippen LogP contribution in [0.15, 0.2) is 22.8 Å². The highest BCUT2D eigenvalue weighted by Gasteiger charge is 2.33. The van der Waals surface area contributed by atoms with Crippen LogP contribution < -0.4 is 0 Å². The lowest BCUT2D eigenvalue weighted by molar-refractivity contribution is 0.144. The summed E-state index contributed by atoms with van der Waals surface area (Å²) < 4.78 is 7.26. The molecule has 6 nitrogen and oxygen atoms in total. The molecular weight excluding hydrogens is 324 g/mol. The first kappa shape index (κ1) is 15.7. The molecule has 3 aromatic heterocycles. The molecule has 128 valence electrons. The van der Waals surface area contributed by atoms with Crippen molar-refractivity contribution in [3.63, 3.8) is 0 Å². The maximum absolute atomic E-state index is 10.8. The Bertz CT molecular complexity index is 815. The largest absolute Gasteiger partial charge is 0.492 e. The number of rotatable bonds is 4. The van der Waals surface area contributed by atoms with Gasteiger partial charge in [-0.3, -0.25) is 4.90 Å². The van der Waals surface area contributed by atoms with Crippen molar-refractivity contribution in [2.75, 3.05) is 13.1 Å². The van der Waals surface area contributed by atoms with Crippen molar-refractivity contribution in [1.29, 1.82) is 0 Å². The fourth-order valence-corrected chi connectivity index (χ4v) is 4.44. The van der Waals surface area contributed by atoms with Crippen molar-refractivity contribution in [3.05, 3.63) is 34.9 Å². The van der Waals surface area contributed by atoms with Crippen LogP contribution in [-0.4, -0.2) is 37.7 Å². The molecular formula is C17H22N4O2S. The average molecular weight is 346 g/mol. The van der Waals surface area contributed by atoms with Gasteiger partial charge in [-0.2, -0.15) is 4.52 Å². The number of likely N-dealkylation sites (tertiary alicyclic amines) is 1. The van der Waals surface area contributed by atoms with Gasteiger partial charge < -0.3 is 9.52 Å². The van der Waals surface area contributed by atoms with E-state index in [2.05, 4.69) is 21.9 Å². The number of aryl methyl sites for hydroxylation is 1. The van der Waals surface area contributed by atoms with Crippen LogP contribution in [0.4, 0.5) is 0 Å². The van der Waals surface area contributed by atoms with Crippen LogP contribution in [-0.2, 0) is 6.42 Å². The smallest absolute Gasteiger partial charge is 0.230 e. The van der Waals surface area contributed by atoms with Gasteiger partial charge in [-0.25, -0.2) is 4.98 Å². The molecule has 1 aliphatic heterocycles. The molecule has 1 fully saturated rings. The Morgan fingerprint density at radius 3 is 2.83 bits per heavy atom. The Labute approximate surface area is 144 Å². The lowest BCUT2D eigenvalue weighted by Crippen LogP contribution is -2.36. The summed E-state index contributed by atoms with van der Waals surface area (Å²) in [5, 5.41) is 15.1. The number of hydrogen-bond acceptors (Lipinski definition) is 6. The molecule has 1 saturated heterocycles. The topological polar surface area (TPSA) is 66.8 Å². The molecule has 4 heterocycles. The van der Waals surface area contributed by atoms with Crippen molar-refractivity contribution < 1.29 is 9.52 Å². The molecule has 0 aliphatic carbocycles. The van der Waals surface area contributed by atoms with Crippen LogP contribution in [0.25, 0.3) is 4.96 Å². The summed E-state index contributed by atoms with van der Waals surface area (Å²) in [6.07, 6.45) is 4.78. The fourth-order valence-electron chi connectivity index (χ4n) is 3.33. The number of fused-ring (bicyclic) bond motifs is 1. The minimum absolute atomic E-state index is 0.0777. The van der Waals surface area contributed by atoms with Gasteiger partial charge in [0.2, 0.25) is 10.8 Å². The first-order valence-electron chi connectivity index (χ1n) is 8.52. The zero-order valence-corrected chi connectivity index (χ0v) is 14.8. The van der Waals surface area contributed by atoms with E-state index >= 15 is 0 Å². The number of thiazole rings is 1. The van der Waals surface area contributed by atoms with Crippen molar-refractivity contribution in [1.82, 2.24) is 19.5 Å². The van der Waals surface area contributed by atoms with Crippen LogP contribution in [0, 0.1) is 5.92 Å². The van der Waals surface area contributed by atoms with Gasteiger partial charge in [0.25, 0.3) is 0 Å². The predicted molar refractivity (Wildman–Crippen MR) is 92.4 cm³/mol. The predicted octanol–water partition coefficient (Wildman–Crippen LogP) is 3.47. The molecule has 1 aliphatic rings. The molecule has 0 amide bonds. The third kappa shape index (κ3) is 2.61. The Hall–Kier alpha value is -1.86. The van der Waals surface area contributed by atoms with E-state index in [1.54, 1.807) is 10.8 Å². The standard InChI is InChI=1S/C17H22N4O2S/c1-3-13-18-17-21(19-13)16(22)15(24-17)14(12-5-4-10-23-12)20-8-6-11(2)7-9-20/h4-5,10-11,14,22H,3,6-9H2,1-2H3/t14-/m1/s1. The van der Waals surface area contributed by atoms with Crippen LogP contribution >= 0.6 is 11.3 Å². The van der Waals surface area contributed by atoms with Crippen molar-refractivity contribution >= 4 is 16.3 Å². The van der Waals surface area contributed by atoms with Crippen molar-refractivity contribution in [3.8, 4) is 5.88 Å². The summed E-state index contributed by atoms with van der Waals surface area (Å²) in [6.45, 7) is 6.31. The SMILES string of the molecule is CCc1nc2sc([C@@H](c3ccco3)N3CCC(C)CC3)c(O)n2n1. The number of piperidine rings is 1. The maximum atomic E-state index is 10.8. The molecule has 0 bridgehead atoms. The molecule has 1 N–H and O–H groups in total. The fraction of sp³-hybridized carbons (Fsp3) is 0.529. The minimum atomic E-state index is -0.0777. The molecule has 0 spiro atoms. The monoisotopic (exact) mass is 346 g/mol. The van der Waals surface area contributed by atoms with E-state index in [9.17, 15) is 5.11 Å². The van der Waals surface area contributed by atoms with Gasteiger partial charge in [-0.05, 0) is 44.0 Å². The van der Waals surface area contributed by atoms with Gasteiger partial charge in [0.05, 0.1) is 11.1 Å². The normalized spacial score (nSPS) is 18.4. The zero-order valence-electron chi connectivity index (χ0n) is 14.0. The first-order chi connectivity index (χ1) is 11.7. The van der Waals surface area contributed by atoms with Crippen molar-refractivity contribution in [2.24, 2.45) is 5.92 Å². The van der Waals surface area contributed by atoms with Gasteiger partial charge in [0.1, 0.15) is 11.8 Å². The Morgan fingerprint density at radius 1 is 1.42 bits per heavy atom. The van der Waals surface area contributed by atoms with E-state index in [-0.39, 0.29) is 11.9 Å². The van der Waals surface area contributed by atoms with Crippen LogP contribution in [0.2, 0.25) is 0 Å². The summed E-state index contributed by atoms with van der Waals surface area (Å²) in [4.78, 5) is 8.48. The second kappa shape index (κ2) is 6.22. The van der Waals surface area contributed by atoms with Crippen LogP contribution in [0.3, 0.4) is 0 Å². The van der Waals surface area contributed by atoms with Gasteiger partial charge in [-0.15, -0.1) is 5.10 Å². The highest BCUT2D eigenvalue weighted by atomic mass is 32.1. The molecule has 0 radical (unpaired) electrons. The Kier molecular flexibility index (Phi) is 4.05. The Morgan fingerprint density at radius 2 is 2.21 bits per heavy atom. The highest BCUT2D eigenvalue weighted by molar-refractivity contribution is 7.17. The molecule has 0 aromatic carbocycles. The van der Waals surface area contributed by atoms with E-state index in [0.717, 1.165) is 46.9 Å². The molecule has 1 atom stereocenters. The number of furan rings is 1. The maximum Gasteiger partial charge on any atom is 0.230 e. The van der Waals surface area contributed by atoms with Gasteiger partial charge in [-0.1, -0.05) is 25.2 Å². The van der Waals surface area contributed by atoms with Crippen LogP contribution in [0.5, 0.6) is 5.88 Å². The number of hydrogen-bond donors (Lipinski definition) is 1. The van der Waals surface area contributed by atoms with E-state index in [1.807, 2.05) is 19.1 Å². The molecule has 24 heavy (non-hydrogen) atoms. The molecule has 3 aromatic rings. The zero-order chi connectivity index (χ0) is 16.7. The van der Waals surface area contributed by atoms with E-state index in [4.69, 9.17) is 4.42 Å². The average Bonchev–Trinajstić information content (AvgIpc) is 3.29. The van der Waals surface area contributed by atoms with E-state index in [1.165, 1.54) is 24.2 Å². The number of nitrogens with zero attached hydrogens (tertiary/aromatic N) is 4. The molecule has 0 unspecified atom stereocenters. The lowest BCUT2D eigenvalue weighted by Gasteiger charge is -2.35. The van der Waals surface area contributed by atoms with Crippen molar-refractivity contribution in [2.45, 2.75) is 39.2 Å². The van der Waals surface area contributed by atoms with Gasteiger partial charge in [0, 0.05) is 6.42 Å². The van der Waals surface area contributed by atoms with E-state index < -0.39 is 0 Å². The van der Waals surface area contributed by atoms with Gasteiger partial charge in [0.15, 0.2) is 5.82 Å². The minimum Gasteiger partial charge on any atom is -0.492 e. The quantitative estimate of drug-likeness (QED) is 0.783. The number of aromatic hydroxyl groups is 1. The van der Waals surface area contributed by atoms with Crippen LogP contribution in [0.1, 0.15) is 49.2 Å². The molecule has 0 saturated carbocycles. The second-order valence-electron chi connectivity index (χ2n) is 6.50. The molecule has 4 rings (SSSR count). The summed E-state index contributed by atoms with van der Waals surface area (Å²) >= 11 is 1.50. The third-order valence-corrected chi connectivity index (χ3v) is 5.88. The molecule has 7 heteroatoms. The lowest BCUT2D eigenvalue weighted by atomic mass is 9.97. The van der Waals surface area contributed by atoms with Gasteiger partial charge >= 0.3 is 0 Å². The first-order valence-corrected chi connectivity index (χ1v) is 9.33. The summed E-state index contributed by atoms with van der Waals surface area (Å²) in [5.74, 6) is 2.55. The third-order valence-electron chi connectivity index (χ3n) is 4.80. The summed E-state index contributed by atoms with van der Waals surface area (Å²) in [5.41, 5.74) is 0. The van der Waals surface area contributed by atoms with E-state index in [0.29, 0.717) is 0 Å². The Balaban J connectivity index is 1.76. The summed E-state index contributed by atoms with van der Waals surface area (Å²) in [7, 11) is 0. The number of aromatic nitrogens is 3. The second-order valence-corrected chi connectivity index (χ2v) is 7.51.